The SMILES string of the molecule is CN(N)N([C@H]1CS(=O)(=O)C[C@@H]1O)S(=O)(=O)c1cc(Br)ccc1Br. The van der Waals surface area contributed by atoms with Gasteiger partial charge in [-0.3, -0.25) is 5.84 Å². The van der Waals surface area contributed by atoms with Crippen LogP contribution in [0.1, 0.15) is 0 Å². The Morgan fingerprint density at radius 1 is 1.30 bits per heavy atom. The van der Waals surface area contributed by atoms with Crippen LogP contribution in [0.2, 0.25) is 0 Å². The molecule has 12 heteroatoms. The first-order chi connectivity index (χ1) is 10.5. The molecule has 2 atom stereocenters. The van der Waals surface area contributed by atoms with Crippen molar-refractivity contribution in [1.29, 1.82) is 0 Å². The molecule has 1 aromatic rings. The van der Waals surface area contributed by atoms with Gasteiger partial charge in [0.25, 0.3) is 10.0 Å². The van der Waals surface area contributed by atoms with Crippen LogP contribution >= 0.6 is 31.9 Å². The summed E-state index contributed by atoms with van der Waals surface area (Å²) in [6.07, 6.45) is -1.35. The molecule has 1 saturated heterocycles. The van der Waals surface area contributed by atoms with E-state index >= 15 is 0 Å². The summed E-state index contributed by atoms with van der Waals surface area (Å²) < 4.78 is 50.8. The molecule has 23 heavy (non-hydrogen) atoms. The van der Waals surface area contributed by atoms with Crippen molar-refractivity contribution in [2.45, 2.75) is 17.0 Å². The molecule has 8 nitrogen and oxygen atoms in total. The lowest BCUT2D eigenvalue weighted by Gasteiger charge is -2.33. The summed E-state index contributed by atoms with van der Waals surface area (Å²) in [6.45, 7) is 0. The van der Waals surface area contributed by atoms with Crippen LogP contribution in [0.25, 0.3) is 0 Å². The highest BCUT2D eigenvalue weighted by Gasteiger charge is 2.46. The normalized spacial score (nSPS) is 24.5. The van der Waals surface area contributed by atoms with E-state index in [4.69, 9.17) is 5.84 Å². The number of nitrogens with zero attached hydrogens (tertiary/aromatic N) is 2. The standard InChI is InChI=1S/C11H15Br2N3O5S2/c1-15(14)16(9-5-22(18,19)6-10(9)17)23(20,21)11-4-7(12)2-3-8(11)13/h2-4,9-10,17H,5-6,14H2,1H3/t9-,10-/m0/s1. The summed E-state index contributed by atoms with van der Waals surface area (Å²) in [6, 6.07) is 3.36. The van der Waals surface area contributed by atoms with Gasteiger partial charge in [0, 0.05) is 16.0 Å². The molecule has 1 fully saturated rings. The van der Waals surface area contributed by atoms with Gasteiger partial charge in [-0.2, -0.15) is 5.12 Å². The van der Waals surface area contributed by atoms with Crippen LogP contribution in [0.15, 0.2) is 32.0 Å². The number of aliphatic hydroxyl groups is 1. The highest BCUT2D eigenvalue weighted by atomic mass is 79.9. The Morgan fingerprint density at radius 3 is 2.39 bits per heavy atom. The number of rotatable bonds is 4. The predicted octanol–water partition coefficient (Wildman–Crippen LogP) is 0.0807. The topological polar surface area (TPSA) is 121 Å². The number of hydrogen-bond donors (Lipinski definition) is 2. The van der Waals surface area contributed by atoms with Crippen molar-refractivity contribution in [2.24, 2.45) is 5.84 Å². The van der Waals surface area contributed by atoms with Gasteiger partial charge in [-0.15, -0.1) is 4.41 Å². The minimum atomic E-state index is -4.19. The zero-order valence-electron chi connectivity index (χ0n) is 11.9. The van der Waals surface area contributed by atoms with E-state index in [9.17, 15) is 21.9 Å². The lowest BCUT2D eigenvalue weighted by atomic mass is 10.2. The molecule has 0 aliphatic carbocycles. The summed E-state index contributed by atoms with van der Waals surface area (Å²) >= 11 is 6.36. The molecule has 0 spiro atoms. The number of sulfone groups is 1. The van der Waals surface area contributed by atoms with E-state index in [1.807, 2.05) is 0 Å². The Bertz CT molecular complexity index is 813. The molecule has 1 aliphatic rings. The van der Waals surface area contributed by atoms with Crippen LogP contribution < -0.4 is 5.84 Å². The zero-order chi connectivity index (χ0) is 17.6. The minimum Gasteiger partial charge on any atom is -0.390 e. The maximum atomic E-state index is 12.9. The van der Waals surface area contributed by atoms with Crippen LogP contribution in [0.3, 0.4) is 0 Å². The zero-order valence-corrected chi connectivity index (χ0v) is 16.7. The Labute approximate surface area is 151 Å². The van der Waals surface area contributed by atoms with E-state index in [-0.39, 0.29) is 4.90 Å². The van der Waals surface area contributed by atoms with Gasteiger partial charge in [0.1, 0.15) is 0 Å². The number of hydrogen-bond acceptors (Lipinski definition) is 7. The fourth-order valence-electron chi connectivity index (χ4n) is 2.38. The number of benzene rings is 1. The summed E-state index contributed by atoms with van der Waals surface area (Å²) in [7, 11) is -6.47. The lowest BCUT2D eigenvalue weighted by Crippen LogP contribution is -2.57. The van der Waals surface area contributed by atoms with Gasteiger partial charge in [0.15, 0.2) is 9.84 Å². The van der Waals surface area contributed by atoms with Crippen molar-refractivity contribution in [1.82, 2.24) is 9.53 Å². The average molecular weight is 493 g/mol. The van der Waals surface area contributed by atoms with Crippen LogP contribution in [0.5, 0.6) is 0 Å². The second-order valence-electron chi connectivity index (χ2n) is 5.14. The summed E-state index contributed by atoms with van der Waals surface area (Å²) in [5, 5.41) is 10.8. The third kappa shape index (κ3) is 3.95. The maximum Gasteiger partial charge on any atom is 0.258 e. The molecule has 130 valence electrons. The molecule has 0 amide bonds. The predicted molar refractivity (Wildman–Crippen MR) is 91.3 cm³/mol. The van der Waals surface area contributed by atoms with Crippen molar-refractivity contribution in [3.05, 3.63) is 27.1 Å². The van der Waals surface area contributed by atoms with Crippen LogP contribution in [-0.2, 0) is 19.9 Å². The van der Waals surface area contributed by atoms with Crippen LogP contribution in [0, 0.1) is 0 Å². The van der Waals surface area contributed by atoms with Gasteiger partial charge in [-0.25, -0.2) is 16.8 Å². The summed E-state index contributed by atoms with van der Waals surface area (Å²) in [5.41, 5.74) is 0. The fraction of sp³-hybridized carbons (Fsp3) is 0.455. The molecule has 0 unspecified atom stereocenters. The van der Waals surface area contributed by atoms with Crippen molar-refractivity contribution >= 4 is 51.7 Å². The monoisotopic (exact) mass is 491 g/mol. The first-order valence-corrected chi connectivity index (χ1v) is 11.2. The molecular formula is C11H15Br2N3O5S2. The number of hydrazine groups is 2. The van der Waals surface area contributed by atoms with E-state index in [1.54, 1.807) is 6.07 Å². The van der Waals surface area contributed by atoms with E-state index in [0.29, 0.717) is 13.4 Å². The van der Waals surface area contributed by atoms with E-state index in [2.05, 4.69) is 31.9 Å². The van der Waals surface area contributed by atoms with Gasteiger partial charge in [0.05, 0.1) is 28.5 Å². The third-order valence-electron chi connectivity index (χ3n) is 3.31. The average Bonchev–Trinajstić information content (AvgIpc) is 2.65. The largest absolute Gasteiger partial charge is 0.390 e. The molecule has 0 bridgehead atoms. The fourth-order valence-corrected chi connectivity index (χ4v) is 7.31. The quantitative estimate of drug-likeness (QED) is 0.451. The Kier molecular flexibility index (Phi) is 5.58. The molecule has 1 heterocycles. The first-order valence-electron chi connectivity index (χ1n) is 6.32. The van der Waals surface area contributed by atoms with Crippen LogP contribution in [0.4, 0.5) is 0 Å². The van der Waals surface area contributed by atoms with Crippen molar-refractivity contribution < 1.29 is 21.9 Å². The van der Waals surface area contributed by atoms with E-state index in [1.165, 1.54) is 19.2 Å². The molecule has 0 radical (unpaired) electrons. The molecule has 1 aliphatic heterocycles. The second kappa shape index (κ2) is 6.67. The molecule has 0 saturated carbocycles. The van der Waals surface area contributed by atoms with Crippen molar-refractivity contribution in [3.8, 4) is 0 Å². The van der Waals surface area contributed by atoms with E-state index < -0.39 is 43.5 Å². The summed E-state index contributed by atoms with van der Waals surface area (Å²) in [5.74, 6) is 4.62. The van der Waals surface area contributed by atoms with Gasteiger partial charge >= 0.3 is 0 Å². The van der Waals surface area contributed by atoms with Gasteiger partial charge in [-0.1, -0.05) is 15.9 Å². The van der Waals surface area contributed by atoms with E-state index in [0.717, 1.165) is 5.12 Å². The number of sulfonamides is 1. The number of halogens is 2. The Morgan fingerprint density at radius 2 is 1.91 bits per heavy atom. The van der Waals surface area contributed by atoms with Gasteiger partial charge in [0.2, 0.25) is 0 Å². The molecule has 3 N–H and O–H groups in total. The Hall–Kier alpha value is -0.0800. The Balaban J connectivity index is 2.55. The van der Waals surface area contributed by atoms with Crippen molar-refractivity contribution in [2.75, 3.05) is 18.6 Å². The minimum absolute atomic E-state index is 0.0966. The highest BCUT2D eigenvalue weighted by Crippen LogP contribution is 2.31. The summed E-state index contributed by atoms with van der Waals surface area (Å²) in [4.78, 5) is -0.0966. The van der Waals surface area contributed by atoms with Crippen molar-refractivity contribution in [3.63, 3.8) is 0 Å². The smallest absolute Gasteiger partial charge is 0.258 e. The van der Waals surface area contributed by atoms with Gasteiger partial charge in [-0.05, 0) is 34.1 Å². The molecular weight excluding hydrogens is 478 g/mol. The first kappa shape index (κ1) is 19.2. The maximum absolute atomic E-state index is 12.9. The highest BCUT2D eigenvalue weighted by molar-refractivity contribution is 9.11. The molecule has 1 aromatic carbocycles. The number of aliphatic hydroxyl groups excluding tert-OH is 1. The second-order valence-corrected chi connectivity index (χ2v) is 10.8. The number of nitrogens with two attached hydrogens (primary N) is 1. The third-order valence-corrected chi connectivity index (χ3v) is 8.37. The molecule has 0 aromatic heterocycles. The molecule has 2 rings (SSSR count). The van der Waals surface area contributed by atoms with Gasteiger partial charge < -0.3 is 5.11 Å². The van der Waals surface area contributed by atoms with Crippen LogP contribution in [-0.4, -0.2) is 62.2 Å². The lowest BCUT2D eigenvalue weighted by molar-refractivity contribution is 0.00835.